The van der Waals surface area contributed by atoms with Crippen LogP contribution >= 0.6 is 11.6 Å². The molecule has 12 heteroatoms. The minimum absolute atomic E-state index is 0.0505. The van der Waals surface area contributed by atoms with Crippen LogP contribution in [-0.4, -0.2) is 33.9 Å². The lowest BCUT2D eigenvalue weighted by molar-refractivity contribution is 0.125. The maximum absolute atomic E-state index is 13.4. The van der Waals surface area contributed by atoms with E-state index in [-0.39, 0.29) is 16.3 Å². The number of primary sulfonamides is 1. The molecule has 0 amide bonds. The van der Waals surface area contributed by atoms with Crippen LogP contribution in [0.15, 0.2) is 50.9 Å². The molecule has 0 aliphatic heterocycles. The second-order valence-corrected chi connectivity index (χ2v) is 11.4. The molecule has 5 rings (SSSR count). The van der Waals surface area contributed by atoms with Gasteiger partial charge in [0.05, 0.1) is 29.3 Å². The van der Waals surface area contributed by atoms with Crippen LogP contribution in [0.5, 0.6) is 5.75 Å². The summed E-state index contributed by atoms with van der Waals surface area (Å²) in [7, 11) is -4.22. The molecule has 194 valence electrons. The summed E-state index contributed by atoms with van der Waals surface area (Å²) >= 11 is 5.87. The van der Waals surface area contributed by atoms with E-state index < -0.39 is 26.8 Å². The van der Waals surface area contributed by atoms with Crippen LogP contribution in [0, 0.1) is 13.8 Å². The van der Waals surface area contributed by atoms with E-state index in [1.54, 1.807) is 43.1 Å². The summed E-state index contributed by atoms with van der Waals surface area (Å²) in [5, 5.41) is 19.7. The monoisotopic (exact) mass is 544 g/mol. The van der Waals surface area contributed by atoms with E-state index >= 15 is 0 Å². The maximum Gasteiger partial charge on any atom is 0.259 e. The molecule has 0 unspecified atom stereocenters. The Kier molecular flexibility index (Phi) is 6.14. The van der Waals surface area contributed by atoms with Gasteiger partial charge in [-0.2, -0.15) is 5.10 Å². The Hall–Kier alpha value is -3.25. The van der Waals surface area contributed by atoms with Crippen molar-refractivity contribution in [2.75, 3.05) is 0 Å². The highest BCUT2D eigenvalue weighted by molar-refractivity contribution is 7.89. The quantitative estimate of drug-likeness (QED) is 0.335. The van der Waals surface area contributed by atoms with Gasteiger partial charge in [-0.3, -0.25) is 9.48 Å². The van der Waals surface area contributed by atoms with Crippen molar-refractivity contribution in [2.24, 2.45) is 5.14 Å². The molecule has 0 saturated heterocycles. The number of sulfonamides is 1. The molecule has 1 aliphatic carbocycles. The van der Waals surface area contributed by atoms with Crippen molar-refractivity contribution in [3.8, 4) is 17.1 Å². The molecule has 37 heavy (non-hydrogen) atoms. The molecule has 1 saturated carbocycles. The van der Waals surface area contributed by atoms with Crippen LogP contribution in [0.1, 0.15) is 42.6 Å². The Morgan fingerprint density at radius 1 is 1.30 bits per heavy atom. The minimum atomic E-state index is -4.22. The lowest BCUT2D eigenvalue weighted by Crippen LogP contribution is -2.17. The number of aromatic nitrogens is 3. The number of hydrogen-bond donors (Lipinski definition) is 2. The highest BCUT2D eigenvalue weighted by Gasteiger charge is 2.41. The van der Waals surface area contributed by atoms with E-state index in [0.29, 0.717) is 40.0 Å². The smallest absolute Gasteiger partial charge is 0.259 e. The van der Waals surface area contributed by atoms with Gasteiger partial charge < -0.3 is 14.3 Å². The van der Waals surface area contributed by atoms with Crippen molar-refractivity contribution in [1.82, 2.24) is 14.8 Å². The Bertz CT molecular complexity index is 1710. The van der Waals surface area contributed by atoms with E-state index in [1.807, 2.05) is 6.92 Å². The number of pyridine rings is 1. The highest BCUT2D eigenvalue weighted by atomic mass is 35.5. The number of halogens is 1. The summed E-state index contributed by atoms with van der Waals surface area (Å²) in [5.74, 6) is 0.269. The third kappa shape index (κ3) is 4.99. The SMILES string of the molecule is Cc1cc([C@@H](C)Oc2ccc(Cl)nc2S(N)(=O)=O)c2oc(-c3cnn(CC4(O)CC4)c3)c(C)c(=O)c2c1. The van der Waals surface area contributed by atoms with Crippen molar-refractivity contribution >= 4 is 32.6 Å². The van der Waals surface area contributed by atoms with E-state index in [9.17, 15) is 18.3 Å². The summed E-state index contributed by atoms with van der Waals surface area (Å²) in [6.45, 7) is 5.58. The molecule has 0 radical (unpaired) electrons. The van der Waals surface area contributed by atoms with Gasteiger partial charge in [0.1, 0.15) is 22.6 Å². The molecule has 3 aromatic heterocycles. The number of hydrogen-bond acceptors (Lipinski definition) is 8. The summed E-state index contributed by atoms with van der Waals surface area (Å²) < 4.78 is 38.0. The van der Waals surface area contributed by atoms with E-state index in [1.165, 1.54) is 12.1 Å². The number of nitrogens with zero attached hydrogens (tertiary/aromatic N) is 3. The fraction of sp³-hybridized carbons (Fsp3) is 0.320. The standard InChI is InChI=1S/C25H25ClN4O6S/c1-13-8-17(15(3)35-19-4-5-20(26)29-24(19)37(27,33)34)23-18(9-13)21(31)14(2)22(36-23)16-10-28-30(11-16)12-25(32)6-7-25/h4-5,8-11,15,32H,6-7,12H2,1-3H3,(H2,27,33,34)/t15-/m1/s1. The first kappa shape index (κ1) is 25.4. The summed E-state index contributed by atoms with van der Waals surface area (Å²) in [4.78, 5) is 17.2. The molecule has 4 aromatic rings. The predicted molar refractivity (Wildman–Crippen MR) is 137 cm³/mol. The van der Waals surface area contributed by atoms with Gasteiger partial charge in [0.25, 0.3) is 10.0 Å². The van der Waals surface area contributed by atoms with Crippen LogP contribution in [0.2, 0.25) is 5.15 Å². The molecule has 1 fully saturated rings. The van der Waals surface area contributed by atoms with E-state index in [4.69, 9.17) is 25.9 Å². The van der Waals surface area contributed by atoms with Crippen molar-refractivity contribution in [1.29, 1.82) is 0 Å². The third-order valence-corrected chi connectivity index (χ3v) is 7.42. The number of benzene rings is 1. The van der Waals surface area contributed by atoms with Crippen molar-refractivity contribution in [3.05, 3.63) is 68.7 Å². The first-order chi connectivity index (χ1) is 17.3. The van der Waals surface area contributed by atoms with Crippen LogP contribution in [-0.2, 0) is 16.6 Å². The lowest BCUT2D eigenvalue weighted by atomic mass is 10.0. The second-order valence-electron chi connectivity index (χ2n) is 9.51. The van der Waals surface area contributed by atoms with Gasteiger partial charge >= 0.3 is 0 Å². The van der Waals surface area contributed by atoms with Gasteiger partial charge in [0.2, 0.25) is 5.03 Å². The molecule has 0 bridgehead atoms. The Morgan fingerprint density at radius 3 is 2.70 bits per heavy atom. The zero-order valence-electron chi connectivity index (χ0n) is 20.4. The number of aryl methyl sites for hydroxylation is 1. The van der Waals surface area contributed by atoms with Gasteiger partial charge in [-0.15, -0.1) is 0 Å². The number of nitrogens with two attached hydrogens (primary N) is 1. The molecular weight excluding hydrogens is 520 g/mol. The van der Waals surface area contributed by atoms with Gasteiger partial charge in [0, 0.05) is 17.3 Å². The number of aliphatic hydroxyl groups is 1. The molecule has 0 spiro atoms. The molecular formula is C25H25ClN4O6S. The molecule has 10 nitrogen and oxygen atoms in total. The van der Waals surface area contributed by atoms with Crippen LogP contribution in [0.3, 0.4) is 0 Å². The normalized spacial score (nSPS) is 15.6. The summed E-state index contributed by atoms with van der Waals surface area (Å²) in [6.07, 6.45) is 4.02. The highest BCUT2D eigenvalue weighted by Crippen LogP contribution is 2.37. The molecule has 3 heterocycles. The van der Waals surface area contributed by atoms with Crippen molar-refractivity contribution < 1.29 is 22.7 Å². The largest absolute Gasteiger partial charge is 0.483 e. The second kappa shape index (κ2) is 8.95. The van der Waals surface area contributed by atoms with Gasteiger partial charge in [0.15, 0.2) is 11.2 Å². The maximum atomic E-state index is 13.4. The van der Waals surface area contributed by atoms with Gasteiger partial charge in [-0.25, -0.2) is 18.5 Å². The molecule has 1 aromatic carbocycles. The van der Waals surface area contributed by atoms with Gasteiger partial charge in [-0.05, 0) is 63.4 Å². The zero-order valence-corrected chi connectivity index (χ0v) is 21.9. The number of rotatable bonds is 7. The van der Waals surface area contributed by atoms with Gasteiger partial charge in [-0.1, -0.05) is 11.6 Å². The van der Waals surface area contributed by atoms with E-state index in [0.717, 1.165) is 18.4 Å². The molecule has 1 aliphatic rings. The Balaban J connectivity index is 1.60. The summed E-state index contributed by atoms with van der Waals surface area (Å²) in [6, 6.07) is 6.31. The fourth-order valence-corrected chi connectivity index (χ4v) is 5.09. The van der Waals surface area contributed by atoms with Crippen molar-refractivity contribution in [2.45, 2.75) is 56.9 Å². The average Bonchev–Trinajstić information content (AvgIpc) is 3.37. The zero-order chi connectivity index (χ0) is 26.7. The first-order valence-corrected chi connectivity index (χ1v) is 13.5. The first-order valence-electron chi connectivity index (χ1n) is 11.5. The molecule has 1 atom stereocenters. The topological polar surface area (TPSA) is 151 Å². The van der Waals surface area contributed by atoms with Crippen LogP contribution in [0.25, 0.3) is 22.3 Å². The van der Waals surface area contributed by atoms with Crippen LogP contribution < -0.4 is 15.3 Å². The Morgan fingerprint density at radius 2 is 2.03 bits per heavy atom. The Labute approximate surface area is 217 Å². The number of ether oxygens (including phenoxy) is 1. The average molecular weight is 545 g/mol. The van der Waals surface area contributed by atoms with Crippen LogP contribution in [0.4, 0.5) is 0 Å². The predicted octanol–water partition coefficient (Wildman–Crippen LogP) is 3.63. The molecule has 3 N–H and O–H groups in total. The van der Waals surface area contributed by atoms with E-state index in [2.05, 4.69) is 10.1 Å². The minimum Gasteiger partial charge on any atom is -0.483 e. The number of fused-ring (bicyclic) bond motifs is 1. The third-order valence-electron chi connectivity index (χ3n) is 6.37. The fourth-order valence-electron chi connectivity index (χ4n) is 4.27. The lowest BCUT2D eigenvalue weighted by Gasteiger charge is -2.19. The summed E-state index contributed by atoms with van der Waals surface area (Å²) in [5.41, 5.74) is 1.70. The van der Waals surface area contributed by atoms with Crippen molar-refractivity contribution in [3.63, 3.8) is 0 Å².